The van der Waals surface area contributed by atoms with E-state index in [1.807, 2.05) is 72.0 Å². The van der Waals surface area contributed by atoms with Crippen molar-refractivity contribution in [3.05, 3.63) is 87.8 Å². The Morgan fingerprint density at radius 2 is 1.86 bits per heavy atom. The highest BCUT2D eigenvalue weighted by Gasteiger charge is 2.20. The first kappa shape index (κ1) is 24.4. The lowest BCUT2D eigenvalue weighted by molar-refractivity contribution is -0.113. The van der Waals surface area contributed by atoms with Crippen molar-refractivity contribution in [3.63, 3.8) is 0 Å². The van der Waals surface area contributed by atoms with Crippen molar-refractivity contribution < 1.29 is 4.79 Å². The zero-order valence-corrected chi connectivity index (χ0v) is 21.7. The molecule has 1 N–H and O–H groups in total. The van der Waals surface area contributed by atoms with Crippen molar-refractivity contribution >= 4 is 40.0 Å². The molecule has 3 heterocycles. The van der Waals surface area contributed by atoms with Gasteiger partial charge in [0.05, 0.1) is 38.8 Å². The number of rotatable bonds is 7. The summed E-state index contributed by atoms with van der Waals surface area (Å²) in [5.74, 6) is -0.187. The topological polar surface area (TPSA) is 97.1 Å². The molecule has 0 fully saturated rings. The van der Waals surface area contributed by atoms with Crippen molar-refractivity contribution in [2.45, 2.75) is 31.7 Å². The van der Waals surface area contributed by atoms with Gasteiger partial charge in [-0.25, -0.2) is 9.67 Å². The second kappa shape index (κ2) is 9.99. The van der Waals surface area contributed by atoms with E-state index in [0.717, 1.165) is 40.2 Å². The molecule has 0 radical (unpaired) electrons. The number of fused-ring (bicyclic) bond motifs is 3. The summed E-state index contributed by atoms with van der Waals surface area (Å²) >= 11 is 1.36. The highest BCUT2D eigenvalue weighted by molar-refractivity contribution is 7.99. The number of para-hydroxylation sites is 3. The largest absolute Gasteiger partial charge is 0.319 e. The van der Waals surface area contributed by atoms with Crippen LogP contribution in [0.1, 0.15) is 30.2 Å². The lowest BCUT2D eigenvalue weighted by Gasteiger charge is -2.11. The number of imidazole rings is 1. The van der Waals surface area contributed by atoms with Gasteiger partial charge in [-0.15, -0.1) is 0 Å². The average Bonchev–Trinajstić information content (AvgIpc) is 3.39. The third-order valence-electron chi connectivity index (χ3n) is 6.42. The smallest absolute Gasteiger partial charge is 0.295 e. The van der Waals surface area contributed by atoms with Gasteiger partial charge in [0.25, 0.3) is 5.56 Å². The minimum Gasteiger partial charge on any atom is -0.319 e. The van der Waals surface area contributed by atoms with Crippen LogP contribution in [-0.4, -0.2) is 30.4 Å². The maximum atomic E-state index is 13.2. The molecule has 5 rings (SSSR count). The maximum Gasteiger partial charge on any atom is 0.295 e. The van der Waals surface area contributed by atoms with Crippen LogP contribution in [0.15, 0.2) is 70.5 Å². The fourth-order valence-electron chi connectivity index (χ4n) is 4.57. The van der Waals surface area contributed by atoms with Gasteiger partial charge in [-0.1, -0.05) is 55.4 Å². The quantitative estimate of drug-likeness (QED) is 0.316. The normalized spacial score (nSPS) is 11.2. The highest BCUT2D eigenvalue weighted by Crippen LogP contribution is 2.30. The number of nitriles is 1. The van der Waals surface area contributed by atoms with E-state index in [1.165, 1.54) is 16.4 Å². The summed E-state index contributed by atoms with van der Waals surface area (Å²) in [4.78, 5) is 31.0. The van der Waals surface area contributed by atoms with Crippen molar-refractivity contribution in [2.75, 3.05) is 11.1 Å². The molecule has 0 saturated carbocycles. The minimum absolute atomic E-state index is 0.0954. The number of carbonyl (C=O) groups is 1. The molecule has 3 aromatic heterocycles. The summed E-state index contributed by atoms with van der Waals surface area (Å²) in [5, 5.41) is 13.5. The molecule has 0 bridgehead atoms. The number of hydrogen-bond donors (Lipinski definition) is 1. The number of anilines is 1. The van der Waals surface area contributed by atoms with Crippen molar-refractivity contribution in [1.29, 1.82) is 5.26 Å². The molecule has 37 heavy (non-hydrogen) atoms. The van der Waals surface area contributed by atoms with E-state index in [1.54, 1.807) is 11.7 Å². The minimum atomic E-state index is -0.282. The Labute approximate surface area is 218 Å². The first-order chi connectivity index (χ1) is 17.9. The molecular weight excluding hydrogens is 484 g/mol. The van der Waals surface area contributed by atoms with E-state index < -0.39 is 0 Å². The third-order valence-corrected chi connectivity index (χ3v) is 7.43. The van der Waals surface area contributed by atoms with Crippen molar-refractivity contribution in [2.24, 2.45) is 7.05 Å². The van der Waals surface area contributed by atoms with Crippen LogP contribution in [0, 0.1) is 18.3 Å². The summed E-state index contributed by atoms with van der Waals surface area (Å²) < 4.78 is 5.22. The van der Waals surface area contributed by atoms with Gasteiger partial charge in [0.2, 0.25) is 5.91 Å². The number of carbonyl (C=O) groups excluding carboxylic acids is 1. The molecule has 0 atom stereocenters. The van der Waals surface area contributed by atoms with Gasteiger partial charge in [-0.05, 0) is 49.2 Å². The third kappa shape index (κ3) is 4.30. The first-order valence-electron chi connectivity index (χ1n) is 12.0. The molecule has 5 aromatic rings. The number of nitrogens with one attached hydrogen (secondary N) is 1. The molecule has 0 saturated heterocycles. The van der Waals surface area contributed by atoms with Crippen LogP contribution in [0.5, 0.6) is 0 Å². The molecule has 0 aliphatic heterocycles. The number of hydrogen-bond acceptors (Lipinski definition) is 5. The van der Waals surface area contributed by atoms with Crippen LogP contribution in [-0.2, 0) is 18.3 Å². The number of nitrogens with zero attached hydrogens (tertiary/aromatic N) is 5. The molecule has 9 heteroatoms. The van der Waals surface area contributed by atoms with Gasteiger partial charge >= 0.3 is 0 Å². The molecular formula is C28H26N6O2S. The Morgan fingerprint density at radius 3 is 2.59 bits per heavy atom. The predicted molar refractivity (Wildman–Crippen MR) is 147 cm³/mol. The Bertz CT molecular complexity index is 1740. The Kier molecular flexibility index (Phi) is 6.59. The average molecular weight is 511 g/mol. The zero-order chi connectivity index (χ0) is 26.1. The van der Waals surface area contributed by atoms with E-state index in [-0.39, 0.29) is 22.9 Å². The van der Waals surface area contributed by atoms with Gasteiger partial charge in [-0.3, -0.25) is 18.7 Å². The van der Waals surface area contributed by atoms with E-state index in [9.17, 15) is 14.9 Å². The molecule has 0 spiro atoms. The summed E-state index contributed by atoms with van der Waals surface area (Å²) in [7, 11) is 1.79. The monoisotopic (exact) mass is 510 g/mol. The van der Waals surface area contributed by atoms with Crippen molar-refractivity contribution in [3.8, 4) is 11.8 Å². The molecule has 8 nitrogen and oxygen atoms in total. The zero-order valence-electron chi connectivity index (χ0n) is 20.9. The summed E-state index contributed by atoms with van der Waals surface area (Å²) in [6, 6.07) is 21.4. The van der Waals surface area contributed by atoms with Crippen LogP contribution >= 0.6 is 11.8 Å². The number of thioether (sulfide) groups is 1. The second-order valence-electron chi connectivity index (χ2n) is 8.78. The van der Waals surface area contributed by atoms with Gasteiger partial charge < -0.3 is 5.32 Å². The molecule has 2 aromatic carbocycles. The van der Waals surface area contributed by atoms with Gasteiger partial charge in [0.15, 0.2) is 5.65 Å². The maximum absolute atomic E-state index is 13.2. The van der Waals surface area contributed by atoms with Crippen molar-refractivity contribution in [1.82, 2.24) is 18.7 Å². The van der Waals surface area contributed by atoms with Crippen LogP contribution < -0.4 is 10.9 Å². The summed E-state index contributed by atoms with van der Waals surface area (Å²) in [6.07, 6.45) is 1.63. The summed E-state index contributed by atoms with van der Waals surface area (Å²) in [5.41, 5.74) is 5.13. The van der Waals surface area contributed by atoms with E-state index in [4.69, 9.17) is 4.98 Å². The Hall–Kier alpha value is -4.29. The standard InChI is InChI=1S/C28H26N6O2S/c1-4-10-19-15-25(33-23-14-9-8-13-22(23)30-27(33)21(19)16-29)37-17-24(35)31-26-18(2)32(3)34(28(26)36)20-11-6-5-7-12-20/h5-9,11-15H,4,10,17H2,1-3H3,(H,31,35). The van der Waals surface area contributed by atoms with Gasteiger partial charge in [-0.2, -0.15) is 5.26 Å². The number of amides is 1. The predicted octanol–water partition coefficient (Wildman–Crippen LogP) is 4.84. The lowest BCUT2D eigenvalue weighted by atomic mass is 10.1. The molecule has 0 aliphatic carbocycles. The lowest BCUT2D eigenvalue weighted by Crippen LogP contribution is -2.23. The van der Waals surface area contributed by atoms with E-state index >= 15 is 0 Å². The van der Waals surface area contributed by atoms with Crippen LogP contribution in [0.25, 0.3) is 22.4 Å². The molecule has 1 amide bonds. The number of pyridine rings is 1. The van der Waals surface area contributed by atoms with E-state index in [0.29, 0.717) is 16.9 Å². The number of aryl methyl sites for hydroxylation is 1. The van der Waals surface area contributed by atoms with Crippen LogP contribution in [0.3, 0.4) is 0 Å². The summed E-state index contributed by atoms with van der Waals surface area (Å²) in [6.45, 7) is 3.88. The number of benzene rings is 2. The van der Waals surface area contributed by atoms with E-state index in [2.05, 4.69) is 18.3 Å². The molecule has 0 unspecified atom stereocenters. The Balaban J connectivity index is 1.47. The molecule has 0 aliphatic rings. The van der Waals surface area contributed by atoms with Crippen LogP contribution in [0.2, 0.25) is 0 Å². The second-order valence-corrected chi connectivity index (χ2v) is 9.77. The fraction of sp³-hybridized carbons (Fsp3) is 0.214. The van der Waals surface area contributed by atoms with Crippen LogP contribution in [0.4, 0.5) is 5.69 Å². The fourth-order valence-corrected chi connectivity index (χ4v) is 5.46. The highest BCUT2D eigenvalue weighted by atomic mass is 32.2. The van der Waals surface area contributed by atoms with Gasteiger partial charge in [0, 0.05) is 7.05 Å². The number of aromatic nitrogens is 4. The first-order valence-corrected chi connectivity index (χ1v) is 13.0. The van der Waals surface area contributed by atoms with Gasteiger partial charge in [0.1, 0.15) is 11.8 Å². The molecule has 186 valence electrons. The Morgan fingerprint density at radius 1 is 1.14 bits per heavy atom. The SMILES string of the molecule is CCCc1cc(SCC(=O)Nc2c(C)n(C)n(-c3ccccc3)c2=O)n2c(nc3ccccc32)c1C#N.